The highest BCUT2D eigenvalue weighted by Gasteiger charge is 2.46. The van der Waals surface area contributed by atoms with Crippen LogP contribution in [0, 0.1) is 5.92 Å². The average molecular weight is 386 g/mol. The molecule has 0 bridgehead atoms. The highest BCUT2D eigenvalue weighted by molar-refractivity contribution is 6.74. The summed E-state index contributed by atoms with van der Waals surface area (Å²) in [5, 5.41) is 0.0916. The molecule has 1 aliphatic rings. The van der Waals surface area contributed by atoms with Gasteiger partial charge in [-0.15, -0.1) is 0 Å². The van der Waals surface area contributed by atoms with Crippen molar-refractivity contribution < 1.29 is 18.8 Å². The molecule has 26 heavy (non-hydrogen) atoms. The molecule has 0 aromatic carbocycles. The summed E-state index contributed by atoms with van der Waals surface area (Å²) in [5.41, 5.74) is -0.948. The van der Waals surface area contributed by atoms with E-state index in [0.29, 0.717) is 19.5 Å². The Morgan fingerprint density at radius 3 is 1.96 bits per heavy atom. The van der Waals surface area contributed by atoms with Crippen LogP contribution in [0.5, 0.6) is 0 Å². The number of hydrogen-bond acceptors (Lipinski definition) is 4. The molecule has 0 aromatic rings. The van der Waals surface area contributed by atoms with Gasteiger partial charge in [0.1, 0.15) is 11.9 Å². The standard InChI is InChI=1S/C20H39NO4Si/c1-18(2,3)24-17(23)21-13-10-16(11-14-21)20(7,12-15-22)25-26(8,9)19(4,5)6/h15-16H,10-14H2,1-9H3/t20-/m1/s1. The zero-order valence-corrected chi connectivity index (χ0v) is 19.3. The summed E-state index contributed by atoms with van der Waals surface area (Å²) in [4.78, 5) is 25.4. The maximum atomic E-state index is 12.3. The molecular weight excluding hydrogens is 346 g/mol. The second-order valence-electron chi connectivity index (χ2n) is 10.3. The molecule has 5 nitrogen and oxygen atoms in total. The number of nitrogens with zero attached hydrogens (tertiary/aromatic N) is 1. The highest BCUT2D eigenvalue weighted by atomic mass is 28.4. The Bertz CT molecular complexity index is 499. The predicted molar refractivity (Wildman–Crippen MR) is 108 cm³/mol. The van der Waals surface area contributed by atoms with Crippen LogP contribution < -0.4 is 0 Å². The molecule has 1 fully saturated rings. The van der Waals surface area contributed by atoms with E-state index in [4.69, 9.17) is 9.16 Å². The van der Waals surface area contributed by atoms with Gasteiger partial charge in [-0.2, -0.15) is 0 Å². The van der Waals surface area contributed by atoms with E-state index in [9.17, 15) is 9.59 Å². The quantitative estimate of drug-likeness (QED) is 0.493. The molecule has 0 aromatic heterocycles. The normalized spacial score (nSPS) is 19.8. The third kappa shape index (κ3) is 6.08. The number of hydrogen-bond donors (Lipinski definition) is 0. The third-order valence-corrected chi connectivity index (χ3v) is 10.4. The van der Waals surface area contributed by atoms with Gasteiger partial charge in [-0.3, -0.25) is 0 Å². The largest absolute Gasteiger partial charge is 0.444 e. The molecule has 0 unspecified atom stereocenters. The van der Waals surface area contributed by atoms with Crippen LogP contribution in [0.2, 0.25) is 18.1 Å². The molecule has 0 saturated carbocycles. The Morgan fingerprint density at radius 1 is 1.08 bits per heavy atom. The zero-order valence-electron chi connectivity index (χ0n) is 18.3. The molecule has 152 valence electrons. The fraction of sp³-hybridized carbons (Fsp3) is 0.900. The van der Waals surface area contributed by atoms with Gasteiger partial charge in [0.15, 0.2) is 8.32 Å². The average Bonchev–Trinajstić information content (AvgIpc) is 2.44. The first kappa shape index (κ1) is 23.2. The van der Waals surface area contributed by atoms with Gasteiger partial charge < -0.3 is 18.9 Å². The van der Waals surface area contributed by atoms with Crippen molar-refractivity contribution in [1.82, 2.24) is 4.90 Å². The minimum atomic E-state index is -2.00. The maximum absolute atomic E-state index is 12.3. The Balaban J connectivity index is 2.82. The van der Waals surface area contributed by atoms with E-state index < -0.39 is 19.5 Å². The minimum absolute atomic E-state index is 0.0916. The molecule has 1 saturated heterocycles. The van der Waals surface area contributed by atoms with Crippen molar-refractivity contribution in [3.63, 3.8) is 0 Å². The second kappa shape index (κ2) is 8.01. The van der Waals surface area contributed by atoms with E-state index in [0.717, 1.165) is 19.1 Å². The van der Waals surface area contributed by atoms with Gasteiger partial charge in [-0.25, -0.2) is 4.79 Å². The summed E-state index contributed by atoms with van der Waals surface area (Å²) in [5.74, 6) is 0.264. The number of rotatable bonds is 5. The summed E-state index contributed by atoms with van der Waals surface area (Å²) >= 11 is 0. The SMILES string of the molecule is CC(C)(C)OC(=O)N1CCC([C@@](C)(CC=O)O[Si](C)(C)C(C)(C)C)CC1. The first-order valence-electron chi connectivity index (χ1n) is 9.73. The lowest BCUT2D eigenvalue weighted by molar-refractivity contribution is -0.114. The van der Waals surface area contributed by atoms with Crippen LogP contribution in [-0.2, 0) is 14.0 Å². The van der Waals surface area contributed by atoms with Crippen molar-refractivity contribution in [2.75, 3.05) is 13.1 Å². The van der Waals surface area contributed by atoms with Crippen LogP contribution in [0.4, 0.5) is 4.79 Å². The van der Waals surface area contributed by atoms with Crippen LogP contribution >= 0.6 is 0 Å². The highest BCUT2D eigenvalue weighted by Crippen LogP contribution is 2.43. The second-order valence-corrected chi connectivity index (χ2v) is 15.0. The lowest BCUT2D eigenvalue weighted by Gasteiger charge is -2.49. The van der Waals surface area contributed by atoms with Crippen LogP contribution in [0.25, 0.3) is 0 Å². The summed E-state index contributed by atoms with van der Waals surface area (Å²) in [6, 6.07) is 0. The monoisotopic (exact) mass is 385 g/mol. The molecule has 6 heteroatoms. The summed E-state index contributed by atoms with van der Waals surface area (Å²) < 4.78 is 12.2. The molecule has 0 radical (unpaired) electrons. The molecule has 1 aliphatic heterocycles. The van der Waals surface area contributed by atoms with Gasteiger partial charge in [0.25, 0.3) is 0 Å². The molecular formula is C20H39NO4Si. The van der Waals surface area contributed by atoms with Crippen molar-refractivity contribution in [2.45, 2.75) is 97.1 Å². The number of ether oxygens (including phenoxy) is 1. The topological polar surface area (TPSA) is 55.8 Å². The van der Waals surface area contributed by atoms with Crippen molar-refractivity contribution in [3.8, 4) is 0 Å². The van der Waals surface area contributed by atoms with E-state index in [1.165, 1.54) is 0 Å². The van der Waals surface area contributed by atoms with Crippen molar-refractivity contribution in [2.24, 2.45) is 5.92 Å². The van der Waals surface area contributed by atoms with E-state index in [2.05, 4.69) is 40.8 Å². The molecule has 1 atom stereocenters. The van der Waals surface area contributed by atoms with E-state index in [1.54, 1.807) is 4.90 Å². The van der Waals surface area contributed by atoms with E-state index in [-0.39, 0.29) is 17.0 Å². The summed E-state index contributed by atoms with van der Waals surface area (Å²) in [6.07, 6.45) is 2.79. The number of piperidine rings is 1. The smallest absolute Gasteiger partial charge is 0.410 e. The van der Waals surface area contributed by atoms with Gasteiger partial charge in [0.05, 0.1) is 5.60 Å². The molecule has 1 heterocycles. The van der Waals surface area contributed by atoms with Gasteiger partial charge in [0.2, 0.25) is 0 Å². The van der Waals surface area contributed by atoms with Crippen molar-refractivity contribution in [3.05, 3.63) is 0 Å². The molecule has 1 amide bonds. The van der Waals surface area contributed by atoms with Crippen LogP contribution in [0.1, 0.15) is 67.7 Å². The predicted octanol–water partition coefficient (Wildman–Crippen LogP) is 5.00. The van der Waals surface area contributed by atoms with Crippen LogP contribution in [0.3, 0.4) is 0 Å². The molecule has 0 spiro atoms. The van der Waals surface area contributed by atoms with Crippen LogP contribution in [-0.4, -0.2) is 49.9 Å². The fourth-order valence-electron chi connectivity index (χ4n) is 3.19. The molecule has 0 N–H and O–H groups in total. The van der Waals surface area contributed by atoms with E-state index in [1.807, 2.05) is 20.8 Å². The Labute approximate surface area is 160 Å². The first-order valence-corrected chi connectivity index (χ1v) is 12.6. The van der Waals surface area contributed by atoms with Crippen LogP contribution in [0.15, 0.2) is 0 Å². The minimum Gasteiger partial charge on any atom is -0.444 e. The third-order valence-electron chi connectivity index (χ3n) is 5.79. The molecule has 1 rings (SSSR count). The lowest BCUT2D eigenvalue weighted by Crippen LogP contribution is -2.54. The zero-order chi connectivity index (χ0) is 20.4. The number of carbonyl (C=O) groups is 2. The number of amides is 1. The Kier molecular flexibility index (Phi) is 7.13. The van der Waals surface area contributed by atoms with Gasteiger partial charge in [-0.05, 0) is 64.6 Å². The number of likely N-dealkylation sites (tertiary alicyclic amines) is 1. The fourth-order valence-corrected chi connectivity index (χ4v) is 4.91. The lowest BCUT2D eigenvalue weighted by atomic mass is 9.80. The van der Waals surface area contributed by atoms with Gasteiger partial charge >= 0.3 is 6.09 Å². The van der Waals surface area contributed by atoms with Crippen molar-refractivity contribution >= 4 is 20.7 Å². The molecule has 0 aliphatic carbocycles. The number of carbonyl (C=O) groups excluding carboxylic acids is 2. The Morgan fingerprint density at radius 2 is 1.58 bits per heavy atom. The summed E-state index contributed by atoms with van der Waals surface area (Å²) in [7, 11) is -2.00. The van der Waals surface area contributed by atoms with Gasteiger partial charge in [0, 0.05) is 19.5 Å². The number of aldehydes is 1. The Hall–Kier alpha value is -0.883. The van der Waals surface area contributed by atoms with E-state index >= 15 is 0 Å². The maximum Gasteiger partial charge on any atom is 0.410 e. The summed E-state index contributed by atoms with van der Waals surface area (Å²) in [6.45, 7) is 20.1. The first-order chi connectivity index (χ1) is 11.6. The van der Waals surface area contributed by atoms with Crippen molar-refractivity contribution in [1.29, 1.82) is 0 Å². The van der Waals surface area contributed by atoms with Gasteiger partial charge in [-0.1, -0.05) is 20.8 Å².